The molecule has 1 amide bonds. The highest BCUT2D eigenvalue weighted by Crippen LogP contribution is 2.30. The van der Waals surface area contributed by atoms with Crippen molar-refractivity contribution in [2.45, 2.75) is 31.3 Å². The van der Waals surface area contributed by atoms with E-state index >= 15 is 0 Å². The van der Waals surface area contributed by atoms with Crippen LogP contribution in [-0.2, 0) is 29.5 Å². The van der Waals surface area contributed by atoms with Gasteiger partial charge in [0.2, 0.25) is 10.0 Å². The zero-order valence-electron chi connectivity index (χ0n) is 16.2. The highest BCUT2D eigenvalue weighted by Gasteiger charge is 2.33. The molecular formula is C20H21N3O4S2. The Bertz CT molecular complexity index is 1150. The van der Waals surface area contributed by atoms with E-state index in [0.29, 0.717) is 31.0 Å². The van der Waals surface area contributed by atoms with E-state index < -0.39 is 10.0 Å². The fourth-order valence-corrected chi connectivity index (χ4v) is 6.26. The van der Waals surface area contributed by atoms with Crippen molar-refractivity contribution in [3.8, 4) is 0 Å². The van der Waals surface area contributed by atoms with Gasteiger partial charge >= 0.3 is 0 Å². The summed E-state index contributed by atoms with van der Waals surface area (Å²) < 4.78 is 33.1. The van der Waals surface area contributed by atoms with Crippen LogP contribution in [-0.4, -0.2) is 42.3 Å². The first kappa shape index (κ1) is 19.8. The maximum Gasteiger partial charge on any atom is 0.265 e. The molecule has 3 heterocycles. The number of nitrogens with zero attached hydrogens (tertiary/aromatic N) is 3. The van der Waals surface area contributed by atoms with Crippen molar-refractivity contribution >= 4 is 27.3 Å². The number of sulfonamides is 1. The Hall–Kier alpha value is -2.49. The molecule has 9 heteroatoms. The molecule has 0 unspecified atom stereocenters. The fraction of sp³-hybridized carbons (Fsp3) is 0.300. The van der Waals surface area contributed by atoms with Crippen LogP contribution in [0.5, 0.6) is 0 Å². The minimum absolute atomic E-state index is 0.0649. The average molecular weight is 432 g/mol. The third-order valence-electron chi connectivity index (χ3n) is 4.96. The van der Waals surface area contributed by atoms with E-state index in [1.165, 1.54) is 20.8 Å². The van der Waals surface area contributed by atoms with Gasteiger partial charge in [-0.1, -0.05) is 29.4 Å². The molecule has 0 N–H and O–H groups in total. The predicted octanol–water partition coefficient (Wildman–Crippen LogP) is 3.06. The molecule has 3 aromatic rings. The van der Waals surface area contributed by atoms with Crippen molar-refractivity contribution in [2.24, 2.45) is 0 Å². The summed E-state index contributed by atoms with van der Waals surface area (Å²) in [6, 6.07) is 11.1. The molecule has 0 spiro atoms. The molecule has 0 bridgehead atoms. The first-order valence-electron chi connectivity index (χ1n) is 9.18. The molecule has 29 heavy (non-hydrogen) atoms. The molecule has 0 radical (unpaired) electrons. The molecule has 152 valence electrons. The van der Waals surface area contributed by atoms with Crippen LogP contribution in [0.25, 0.3) is 0 Å². The Kier molecular flexibility index (Phi) is 5.28. The Labute approximate surface area is 173 Å². The second-order valence-electron chi connectivity index (χ2n) is 7.06. The summed E-state index contributed by atoms with van der Waals surface area (Å²) in [5, 5.41) is 5.54. The number of fused-ring (bicyclic) bond motifs is 1. The minimum Gasteiger partial charge on any atom is -0.361 e. The number of thiophene rings is 1. The largest absolute Gasteiger partial charge is 0.361 e. The van der Waals surface area contributed by atoms with Gasteiger partial charge in [0.25, 0.3) is 5.91 Å². The van der Waals surface area contributed by atoms with E-state index in [-0.39, 0.29) is 22.2 Å². The zero-order valence-corrected chi connectivity index (χ0v) is 17.8. The maximum absolute atomic E-state index is 13.3. The number of amides is 1. The van der Waals surface area contributed by atoms with Gasteiger partial charge in [-0.15, -0.1) is 11.3 Å². The first-order valence-corrected chi connectivity index (χ1v) is 11.5. The molecule has 0 atom stereocenters. The number of carbonyl (C=O) groups excluding carboxylic acids is 1. The van der Waals surface area contributed by atoms with Gasteiger partial charge in [0, 0.05) is 26.2 Å². The number of benzene rings is 1. The summed E-state index contributed by atoms with van der Waals surface area (Å²) in [4.78, 5) is 14.7. The van der Waals surface area contributed by atoms with Crippen LogP contribution in [0.3, 0.4) is 0 Å². The van der Waals surface area contributed by atoms with Crippen molar-refractivity contribution < 1.29 is 17.7 Å². The van der Waals surface area contributed by atoms with Crippen LogP contribution in [0.1, 0.15) is 32.3 Å². The summed E-state index contributed by atoms with van der Waals surface area (Å²) in [5.41, 5.74) is 2.79. The van der Waals surface area contributed by atoms with Crippen LogP contribution in [0.2, 0.25) is 0 Å². The van der Waals surface area contributed by atoms with Crippen molar-refractivity contribution in [1.82, 2.24) is 14.4 Å². The van der Waals surface area contributed by atoms with Gasteiger partial charge in [0.1, 0.15) is 21.2 Å². The lowest BCUT2D eigenvalue weighted by atomic mass is 10.0. The van der Waals surface area contributed by atoms with E-state index in [0.717, 1.165) is 16.9 Å². The minimum atomic E-state index is -3.78. The second kappa shape index (κ2) is 7.74. The molecule has 1 aliphatic rings. The zero-order chi connectivity index (χ0) is 20.6. The normalized spacial score (nSPS) is 14.6. The smallest absolute Gasteiger partial charge is 0.265 e. The lowest BCUT2D eigenvalue weighted by Crippen LogP contribution is -2.37. The molecule has 0 saturated carbocycles. The molecule has 0 fully saturated rings. The summed E-state index contributed by atoms with van der Waals surface area (Å²) >= 11 is 1.14. The Morgan fingerprint density at radius 2 is 2.03 bits per heavy atom. The number of carbonyl (C=O) groups is 1. The van der Waals surface area contributed by atoms with E-state index in [4.69, 9.17) is 4.52 Å². The fourth-order valence-electron chi connectivity index (χ4n) is 3.45. The third-order valence-corrected chi connectivity index (χ3v) is 7.88. The van der Waals surface area contributed by atoms with Crippen LogP contribution in [0.15, 0.2) is 51.2 Å². The van der Waals surface area contributed by atoms with Gasteiger partial charge in [-0.3, -0.25) is 4.79 Å². The van der Waals surface area contributed by atoms with Crippen molar-refractivity contribution in [3.63, 3.8) is 0 Å². The summed E-state index contributed by atoms with van der Waals surface area (Å²) in [5.74, 6) is 0.308. The van der Waals surface area contributed by atoms with Gasteiger partial charge in [-0.2, -0.15) is 4.31 Å². The van der Waals surface area contributed by atoms with Crippen LogP contribution >= 0.6 is 11.3 Å². The predicted molar refractivity (Wildman–Crippen MR) is 109 cm³/mol. The van der Waals surface area contributed by atoms with Crippen LogP contribution in [0.4, 0.5) is 0 Å². The number of aryl methyl sites for hydroxylation is 1. The van der Waals surface area contributed by atoms with E-state index in [9.17, 15) is 13.2 Å². The quantitative estimate of drug-likeness (QED) is 0.620. The molecular weight excluding hydrogens is 410 g/mol. The van der Waals surface area contributed by atoms with Gasteiger partial charge < -0.3 is 9.42 Å². The highest BCUT2D eigenvalue weighted by atomic mass is 32.2. The van der Waals surface area contributed by atoms with Crippen LogP contribution in [0, 0.1) is 6.92 Å². The summed E-state index contributed by atoms with van der Waals surface area (Å²) in [6.45, 7) is 2.73. The van der Waals surface area contributed by atoms with E-state index in [1.54, 1.807) is 25.4 Å². The first-order chi connectivity index (χ1) is 13.9. The molecule has 4 rings (SSSR count). The second-order valence-corrected chi connectivity index (χ2v) is 9.88. The van der Waals surface area contributed by atoms with Crippen molar-refractivity contribution in [1.29, 1.82) is 0 Å². The number of aromatic nitrogens is 1. The monoisotopic (exact) mass is 431 g/mol. The molecule has 7 nitrogen and oxygen atoms in total. The van der Waals surface area contributed by atoms with Crippen LogP contribution < -0.4 is 0 Å². The lowest BCUT2D eigenvalue weighted by molar-refractivity contribution is 0.0783. The molecule has 2 aromatic heterocycles. The molecule has 1 aliphatic heterocycles. The number of hydrogen-bond acceptors (Lipinski definition) is 6. The third kappa shape index (κ3) is 3.85. The van der Waals surface area contributed by atoms with Gasteiger partial charge in [-0.25, -0.2) is 8.42 Å². The van der Waals surface area contributed by atoms with E-state index in [1.807, 2.05) is 24.3 Å². The Balaban J connectivity index is 1.57. The number of hydrogen-bond donors (Lipinski definition) is 0. The summed E-state index contributed by atoms with van der Waals surface area (Å²) in [6.07, 6.45) is 0.661. The van der Waals surface area contributed by atoms with Gasteiger partial charge in [-0.05, 0) is 35.9 Å². The lowest BCUT2D eigenvalue weighted by Gasteiger charge is -2.28. The topological polar surface area (TPSA) is 83.7 Å². The standard InChI is InChI=1S/C20H21N3O4S2/c1-14-11-17(21-27-14)13-22(2)20(24)19-18(8-10-28-19)29(25,26)23-9-7-15-5-3-4-6-16(15)12-23/h3-6,8,10-11H,7,9,12-13H2,1-2H3. The highest BCUT2D eigenvalue weighted by molar-refractivity contribution is 7.89. The average Bonchev–Trinajstić information content (AvgIpc) is 3.36. The Morgan fingerprint density at radius 1 is 1.28 bits per heavy atom. The number of rotatable bonds is 5. The SMILES string of the molecule is Cc1cc(CN(C)C(=O)c2sccc2S(=O)(=O)N2CCc3ccccc3C2)no1. The summed E-state index contributed by atoms with van der Waals surface area (Å²) in [7, 11) is -2.15. The molecule has 1 aromatic carbocycles. The van der Waals surface area contributed by atoms with Crippen molar-refractivity contribution in [3.05, 3.63) is 69.2 Å². The van der Waals surface area contributed by atoms with Gasteiger partial charge in [0.05, 0.1) is 6.54 Å². The van der Waals surface area contributed by atoms with E-state index in [2.05, 4.69) is 5.16 Å². The molecule has 0 aliphatic carbocycles. The maximum atomic E-state index is 13.3. The van der Waals surface area contributed by atoms with Crippen molar-refractivity contribution in [2.75, 3.05) is 13.6 Å². The molecule has 0 saturated heterocycles. The Morgan fingerprint density at radius 3 is 2.76 bits per heavy atom. The van der Waals surface area contributed by atoms with Gasteiger partial charge in [0.15, 0.2) is 0 Å².